The predicted molar refractivity (Wildman–Crippen MR) is 59.0 cm³/mol. The molecule has 0 atom stereocenters. The van der Waals surface area contributed by atoms with Crippen molar-refractivity contribution in [1.82, 2.24) is 5.32 Å². The lowest BCUT2D eigenvalue weighted by Gasteiger charge is -2.01. The summed E-state index contributed by atoms with van der Waals surface area (Å²) in [5.41, 5.74) is 0.390. The Morgan fingerprint density at radius 1 is 1.38 bits per heavy atom. The zero-order chi connectivity index (χ0) is 11.8. The molecule has 1 aromatic rings. The highest BCUT2D eigenvalue weighted by atomic mass is 35.5. The van der Waals surface area contributed by atoms with Crippen LogP contribution >= 0.6 is 11.6 Å². The Kier molecular flexibility index (Phi) is 2.69. The number of carbonyl (C=O) groups excluding carboxylic acids is 1. The van der Waals surface area contributed by atoms with Crippen LogP contribution in [0.1, 0.15) is 5.56 Å². The molecule has 7 heteroatoms. The quantitative estimate of drug-likeness (QED) is 0.745. The van der Waals surface area contributed by atoms with Crippen LogP contribution in [0, 0.1) is 0 Å². The van der Waals surface area contributed by atoms with Crippen molar-refractivity contribution in [2.45, 2.75) is 4.90 Å². The van der Waals surface area contributed by atoms with Gasteiger partial charge >= 0.3 is 0 Å². The van der Waals surface area contributed by atoms with Crippen LogP contribution in [0.2, 0.25) is 0 Å². The van der Waals surface area contributed by atoms with Gasteiger partial charge in [-0.2, -0.15) is 8.42 Å². The maximum Gasteiger partial charge on any atom is 0.285 e. The number of amides is 1. The van der Waals surface area contributed by atoms with Crippen molar-refractivity contribution in [2.24, 2.45) is 4.40 Å². The number of hydrogen-bond donors (Lipinski definition) is 1. The topological polar surface area (TPSA) is 75.6 Å². The first kappa shape index (κ1) is 11.1. The van der Waals surface area contributed by atoms with Crippen LogP contribution in [0.4, 0.5) is 0 Å². The monoisotopic (exact) mass is 258 g/mol. The first-order chi connectivity index (χ1) is 7.54. The van der Waals surface area contributed by atoms with Gasteiger partial charge in [0, 0.05) is 5.56 Å². The highest BCUT2D eigenvalue weighted by Crippen LogP contribution is 2.24. The van der Waals surface area contributed by atoms with Gasteiger partial charge in [-0.05, 0) is 12.1 Å². The molecule has 2 rings (SSSR count). The molecule has 1 aromatic carbocycles. The molecule has 1 heterocycles. The Labute approximate surface area is 97.2 Å². The van der Waals surface area contributed by atoms with E-state index in [9.17, 15) is 13.2 Å². The van der Waals surface area contributed by atoms with Crippen molar-refractivity contribution in [3.8, 4) is 0 Å². The fraction of sp³-hybridized carbons (Fsp3) is 0.111. The average molecular weight is 259 g/mol. The number of alkyl halides is 1. The average Bonchev–Trinajstić information content (AvgIpc) is 2.51. The maximum atomic E-state index is 11.6. The second-order valence-electron chi connectivity index (χ2n) is 3.09. The van der Waals surface area contributed by atoms with E-state index in [1.807, 2.05) is 0 Å². The van der Waals surface area contributed by atoms with E-state index in [4.69, 9.17) is 11.6 Å². The zero-order valence-electron chi connectivity index (χ0n) is 7.97. The van der Waals surface area contributed by atoms with Gasteiger partial charge in [0.25, 0.3) is 10.0 Å². The number of nitrogens with zero attached hydrogens (tertiary/aromatic N) is 1. The molecular weight excluding hydrogens is 252 g/mol. The van der Waals surface area contributed by atoms with Crippen LogP contribution < -0.4 is 5.32 Å². The number of nitrogens with one attached hydrogen (secondary N) is 1. The molecule has 1 aliphatic rings. The van der Waals surface area contributed by atoms with E-state index in [-0.39, 0.29) is 16.6 Å². The Morgan fingerprint density at radius 3 is 2.75 bits per heavy atom. The molecule has 0 fully saturated rings. The number of hydrogen-bond acceptors (Lipinski definition) is 3. The molecule has 1 N–H and O–H groups in total. The Bertz CT molecular complexity index is 580. The van der Waals surface area contributed by atoms with Crippen molar-refractivity contribution in [1.29, 1.82) is 0 Å². The summed E-state index contributed by atoms with van der Waals surface area (Å²) in [4.78, 5) is 11.2. The maximum absolute atomic E-state index is 11.6. The number of carbonyl (C=O) groups is 1. The third kappa shape index (κ3) is 1.81. The molecule has 0 saturated carbocycles. The van der Waals surface area contributed by atoms with Gasteiger partial charge in [-0.3, -0.25) is 4.79 Å². The van der Waals surface area contributed by atoms with Crippen LogP contribution in [-0.4, -0.2) is 26.0 Å². The standard InChI is InChI=1S/C9H7ClN2O3S/c10-5-8(13)11-9-6-3-1-2-4-7(6)16(14,15)12-9/h1-4H,5H2,(H,11,12,13). The van der Waals surface area contributed by atoms with Gasteiger partial charge in [0.15, 0.2) is 5.84 Å². The Morgan fingerprint density at radius 2 is 2.06 bits per heavy atom. The van der Waals surface area contributed by atoms with Crippen LogP contribution in [0.5, 0.6) is 0 Å². The van der Waals surface area contributed by atoms with Crippen molar-refractivity contribution < 1.29 is 13.2 Å². The largest absolute Gasteiger partial charge is 0.308 e. The minimum absolute atomic E-state index is 0.0289. The summed E-state index contributed by atoms with van der Waals surface area (Å²) >= 11 is 5.31. The van der Waals surface area contributed by atoms with E-state index >= 15 is 0 Å². The third-order valence-electron chi connectivity index (χ3n) is 2.01. The second kappa shape index (κ2) is 3.88. The van der Waals surface area contributed by atoms with Gasteiger partial charge in [-0.25, -0.2) is 0 Å². The SMILES string of the molecule is O=C(CCl)NC1=NS(=O)(=O)c2ccccc21. The number of halogens is 1. The van der Waals surface area contributed by atoms with Crippen molar-refractivity contribution in [2.75, 3.05) is 5.88 Å². The van der Waals surface area contributed by atoms with Crippen LogP contribution in [-0.2, 0) is 14.8 Å². The smallest absolute Gasteiger partial charge is 0.285 e. The van der Waals surface area contributed by atoms with E-state index in [1.165, 1.54) is 6.07 Å². The molecular formula is C9H7ClN2O3S. The molecule has 0 spiro atoms. The summed E-state index contributed by atoms with van der Waals surface area (Å²) in [7, 11) is -3.68. The highest BCUT2D eigenvalue weighted by molar-refractivity contribution is 7.90. The first-order valence-corrected chi connectivity index (χ1v) is 6.32. The summed E-state index contributed by atoms with van der Waals surface area (Å²) in [6.07, 6.45) is 0. The van der Waals surface area contributed by atoms with Crippen LogP contribution in [0.3, 0.4) is 0 Å². The zero-order valence-corrected chi connectivity index (χ0v) is 9.55. The molecule has 5 nitrogen and oxygen atoms in total. The van der Waals surface area contributed by atoms with E-state index in [1.54, 1.807) is 18.2 Å². The minimum Gasteiger partial charge on any atom is -0.308 e. The van der Waals surface area contributed by atoms with E-state index in [2.05, 4.69) is 9.71 Å². The summed E-state index contributed by atoms with van der Waals surface area (Å²) in [6, 6.07) is 6.28. The Hall–Kier alpha value is -1.40. The molecule has 0 unspecified atom stereocenters. The second-order valence-corrected chi connectivity index (χ2v) is 4.93. The molecule has 84 valence electrons. The van der Waals surface area contributed by atoms with E-state index in [0.29, 0.717) is 5.56 Å². The summed E-state index contributed by atoms with van der Waals surface area (Å²) < 4.78 is 26.6. The Balaban J connectivity index is 2.47. The van der Waals surface area contributed by atoms with Crippen molar-refractivity contribution in [3.05, 3.63) is 29.8 Å². The van der Waals surface area contributed by atoms with Gasteiger partial charge in [-0.1, -0.05) is 12.1 Å². The van der Waals surface area contributed by atoms with Gasteiger partial charge in [0.05, 0.1) is 0 Å². The molecule has 1 aliphatic heterocycles. The van der Waals surface area contributed by atoms with Crippen LogP contribution in [0.25, 0.3) is 0 Å². The molecule has 16 heavy (non-hydrogen) atoms. The number of fused-ring (bicyclic) bond motifs is 1. The van der Waals surface area contributed by atoms with Crippen LogP contribution in [0.15, 0.2) is 33.6 Å². The lowest BCUT2D eigenvalue weighted by Crippen LogP contribution is -2.31. The number of amidine groups is 1. The van der Waals surface area contributed by atoms with Gasteiger partial charge in [0.2, 0.25) is 5.91 Å². The van der Waals surface area contributed by atoms with E-state index in [0.717, 1.165) is 0 Å². The number of rotatable bonds is 1. The molecule has 1 amide bonds. The third-order valence-corrected chi connectivity index (χ3v) is 3.59. The van der Waals surface area contributed by atoms with E-state index < -0.39 is 15.9 Å². The molecule has 0 saturated heterocycles. The predicted octanol–water partition coefficient (Wildman–Crippen LogP) is 0.490. The normalized spacial score (nSPS) is 16.4. The summed E-state index contributed by atoms with van der Waals surface area (Å²) in [5.74, 6) is -0.713. The highest BCUT2D eigenvalue weighted by Gasteiger charge is 2.28. The van der Waals surface area contributed by atoms with Gasteiger partial charge in [-0.15, -0.1) is 16.0 Å². The first-order valence-electron chi connectivity index (χ1n) is 4.35. The minimum atomic E-state index is -3.68. The number of benzene rings is 1. The lowest BCUT2D eigenvalue weighted by atomic mass is 10.2. The molecule has 0 aliphatic carbocycles. The fourth-order valence-electron chi connectivity index (χ4n) is 1.36. The molecule has 0 aromatic heterocycles. The summed E-state index contributed by atoms with van der Waals surface area (Å²) in [6.45, 7) is 0. The molecule has 0 bridgehead atoms. The fourth-order valence-corrected chi connectivity index (χ4v) is 2.60. The van der Waals surface area contributed by atoms with Crippen molar-refractivity contribution >= 4 is 33.4 Å². The summed E-state index contributed by atoms with van der Waals surface area (Å²) in [5, 5.41) is 2.34. The molecule has 0 radical (unpaired) electrons. The number of sulfonamides is 1. The van der Waals surface area contributed by atoms with Crippen molar-refractivity contribution in [3.63, 3.8) is 0 Å². The van der Waals surface area contributed by atoms with Gasteiger partial charge in [0.1, 0.15) is 10.8 Å². The lowest BCUT2D eigenvalue weighted by molar-refractivity contribution is -0.117. The van der Waals surface area contributed by atoms with Gasteiger partial charge < -0.3 is 5.32 Å².